The normalized spacial score (nSPS) is 23.0. The minimum atomic E-state index is -0.477. The molecule has 0 bridgehead atoms. The van der Waals surface area contributed by atoms with Gasteiger partial charge in [0.15, 0.2) is 0 Å². The molecule has 82 valence electrons. The van der Waals surface area contributed by atoms with Crippen molar-refractivity contribution < 1.29 is 5.11 Å². The third kappa shape index (κ3) is 2.32. The summed E-state index contributed by atoms with van der Waals surface area (Å²) in [7, 11) is 0. The molecule has 1 saturated heterocycles. The number of aliphatic hydroxyl groups is 1. The lowest BCUT2D eigenvalue weighted by molar-refractivity contribution is 0.197. The summed E-state index contributed by atoms with van der Waals surface area (Å²) in [5, 5.41) is 9.94. The quantitative estimate of drug-likeness (QED) is 0.838. The SMILES string of the molecule is Cc1nc(C2CCCS2)ncc1C(C)O. The molecule has 0 aliphatic carbocycles. The van der Waals surface area contributed by atoms with E-state index in [9.17, 15) is 5.11 Å². The largest absolute Gasteiger partial charge is 0.389 e. The van der Waals surface area contributed by atoms with Crippen molar-refractivity contribution in [2.45, 2.75) is 38.0 Å². The molecule has 1 aromatic rings. The first-order chi connectivity index (χ1) is 7.18. The zero-order valence-corrected chi connectivity index (χ0v) is 9.92. The Morgan fingerprint density at radius 2 is 2.40 bits per heavy atom. The second-order valence-corrected chi connectivity index (χ2v) is 5.26. The van der Waals surface area contributed by atoms with Gasteiger partial charge in [0.05, 0.1) is 11.4 Å². The molecule has 0 aromatic carbocycles. The molecule has 1 aliphatic rings. The van der Waals surface area contributed by atoms with Crippen LogP contribution >= 0.6 is 11.8 Å². The number of aromatic nitrogens is 2. The minimum Gasteiger partial charge on any atom is -0.389 e. The molecular weight excluding hydrogens is 208 g/mol. The van der Waals surface area contributed by atoms with E-state index in [1.165, 1.54) is 18.6 Å². The highest BCUT2D eigenvalue weighted by Crippen LogP contribution is 2.38. The highest BCUT2D eigenvalue weighted by atomic mass is 32.2. The third-order valence-corrected chi connectivity index (χ3v) is 4.08. The molecule has 2 heterocycles. The topological polar surface area (TPSA) is 46.0 Å². The maximum absolute atomic E-state index is 9.48. The van der Waals surface area contributed by atoms with Gasteiger partial charge in [-0.3, -0.25) is 0 Å². The summed E-state index contributed by atoms with van der Waals surface area (Å²) in [5.41, 5.74) is 1.74. The second-order valence-electron chi connectivity index (χ2n) is 3.95. The number of aliphatic hydroxyl groups excluding tert-OH is 1. The Morgan fingerprint density at radius 1 is 1.60 bits per heavy atom. The first-order valence-electron chi connectivity index (χ1n) is 5.31. The van der Waals surface area contributed by atoms with Crippen LogP contribution in [0.3, 0.4) is 0 Å². The van der Waals surface area contributed by atoms with Gasteiger partial charge in [-0.15, -0.1) is 0 Å². The summed E-state index contributed by atoms with van der Waals surface area (Å²) >= 11 is 1.93. The zero-order chi connectivity index (χ0) is 10.8. The lowest BCUT2D eigenvalue weighted by Crippen LogP contribution is -2.05. The number of rotatable bonds is 2. The van der Waals surface area contributed by atoms with E-state index in [2.05, 4.69) is 9.97 Å². The monoisotopic (exact) mass is 224 g/mol. The van der Waals surface area contributed by atoms with Crippen LogP contribution in [0.1, 0.15) is 48.2 Å². The van der Waals surface area contributed by atoms with Gasteiger partial charge in [0.1, 0.15) is 5.82 Å². The Balaban J connectivity index is 2.24. The molecule has 2 rings (SSSR count). The standard InChI is InChI=1S/C11H16N2OS/c1-7-9(8(2)14)6-12-11(13-7)10-4-3-5-15-10/h6,8,10,14H,3-5H2,1-2H3. The number of thioether (sulfide) groups is 1. The molecule has 2 atom stereocenters. The van der Waals surface area contributed by atoms with Crippen LogP contribution in [-0.4, -0.2) is 20.8 Å². The number of aryl methyl sites for hydroxylation is 1. The highest BCUT2D eigenvalue weighted by molar-refractivity contribution is 7.99. The van der Waals surface area contributed by atoms with Gasteiger partial charge in [0.2, 0.25) is 0 Å². The maximum atomic E-state index is 9.48. The summed E-state index contributed by atoms with van der Waals surface area (Å²) in [6.45, 7) is 3.68. The van der Waals surface area contributed by atoms with Gasteiger partial charge >= 0.3 is 0 Å². The van der Waals surface area contributed by atoms with Crippen molar-refractivity contribution in [1.29, 1.82) is 0 Å². The van der Waals surface area contributed by atoms with Crippen LogP contribution in [0.5, 0.6) is 0 Å². The molecule has 0 amide bonds. The van der Waals surface area contributed by atoms with Crippen LogP contribution in [0, 0.1) is 6.92 Å². The average molecular weight is 224 g/mol. The molecule has 0 spiro atoms. The molecule has 0 saturated carbocycles. The molecule has 1 aromatic heterocycles. The van der Waals surface area contributed by atoms with Gasteiger partial charge in [-0.1, -0.05) is 0 Å². The summed E-state index contributed by atoms with van der Waals surface area (Å²) in [4.78, 5) is 8.84. The molecule has 1 N–H and O–H groups in total. The van der Waals surface area contributed by atoms with Gasteiger partial charge < -0.3 is 5.11 Å². The first kappa shape index (κ1) is 10.9. The lowest BCUT2D eigenvalue weighted by Gasteiger charge is -2.11. The van der Waals surface area contributed by atoms with Crippen molar-refractivity contribution >= 4 is 11.8 Å². The van der Waals surface area contributed by atoms with Crippen LogP contribution in [0.4, 0.5) is 0 Å². The van der Waals surface area contributed by atoms with E-state index in [-0.39, 0.29) is 0 Å². The van der Waals surface area contributed by atoms with Crippen LogP contribution in [0.2, 0.25) is 0 Å². The van der Waals surface area contributed by atoms with Crippen molar-refractivity contribution in [3.63, 3.8) is 0 Å². The molecule has 15 heavy (non-hydrogen) atoms. The molecule has 0 radical (unpaired) electrons. The second kappa shape index (κ2) is 4.49. The summed E-state index contributed by atoms with van der Waals surface area (Å²) < 4.78 is 0. The van der Waals surface area contributed by atoms with E-state index in [0.29, 0.717) is 5.25 Å². The Labute approximate surface area is 94.3 Å². The van der Waals surface area contributed by atoms with Gasteiger partial charge in [0.25, 0.3) is 0 Å². The van der Waals surface area contributed by atoms with Gasteiger partial charge in [-0.05, 0) is 32.4 Å². The Bertz CT molecular complexity index is 348. The van der Waals surface area contributed by atoms with Crippen LogP contribution in [0.15, 0.2) is 6.20 Å². The van der Waals surface area contributed by atoms with E-state index < -0.39 is 6.10 Å². The zero-order valence-electron chi connectivity index (χ0n) is 9.10. The number of nitrogens with zero attached hydrogens (tertiary/aromatic N) is 2. The summed E-state index contributed by atoms with van der Waals surface area (Å²) in [6.07, 6.45) is 3.73. The maximum Gasteiger partial charge on any atom is 0.141 e. The third-order valence-electron chi connectivity index (χ3n) is 2.70. The van der Waals surface area contributed by atoms with E-state index >= 15 is 0 Å². The molecule has 3 nitrogen and oxygen atoms in total. The summed E-state index contributed by atoms with van der Waals surface area (Å²) in [6, 6.07) is 0. The van der Waals surface area contributed by atoms with Crippen LogP contribution < -0.4 is 0 Å². The first-order valence-corrected chi connectivity index (χ1v) is 6.36. The summed E-state index contributed by atoms with van der Waals surface area (Å²) in [5.74, 6) is 2.14. The van der Waals surface area contributed by atoms with E-state index in [1.807, 2.05) is 18.7 Å². The van der Waals surface area contributed by atoms with Crippen molar-refractivity contribution in [2.24, 2.45) is 0 Å². The predicted molar refractivity (Wildman–Crippen MR) is 61.8 cm³/mol. The lowest BCUT2D eigenvalue weighted by atomic mass is 10.1. The van der Waals surface area contributed by atoms with E-state index in [0.717, 1.165) is 17.1 Å². The fourth-order valence-corrected chi connectivity index (χ4v) is 3.05. The molecule has 1 aliphatic heterocycles. The smallest absolute Gasteiger partial charge is 0.141 e. The van der Waals surface area contributed by atoms with E-state index in [4.69, 9.17) is 0 Å². The molecule has 2 unspecified atom stereocenters. The van der Waals surface area contributed by atoms with Crippen LogP contribution in [-0.2, 0) is 0 Å². The fourth-order valence-electron chi connectivity index (χ4n) is 1.84. The molecular formula is C11H16N2OS. The van der Waals surface area contributed by atoms with Crippen molar-refractivity contribution in [2.75, 3.05) is 5.75 Å². The van der Waals surface area contributed by atoms with Gasteiger partial charge in [-0.25, -0.2) is 9.97 Å². The van der Waals surface area contributed by atoms with Crippen molar-refractivity contribution in [1.82, 2.24) is 9.97 Å². The predicted octanol–water partition coefficient (Wildman–Crippen LogP) is 2.41. The Kier molecular flexibility index (Phi) is 3.26. The number of hydrogen-bond donors (Lipinski definition) is 1. The van der Waals surface area contributed by atoms with Gasteiger partial charge in [0, 0.05) is 17.5 Å². The van der Waals surface area contributed by atoms with Crippen molar-refractivity contribution in [3.8, 4) is 0 Å². The molecule has 1 fully saturated rings. The molecule has 4 heteroatoms. The van der Waals surface area contributed by atoms with Gasteiger partial charge in [-0.2, -0.15) is 11.8 Å². The van der Waals surface area contributed by atoms with Crippen molar-refractivity contribution in [3.05, 3.63) is 23.3 Å². The Hall–Kier alpha value is -0.610. The average Bonchev–Trinajstić information content (AvgIpc) is 2.69. The van der Waals surface area contributed by atoms with E-state index in [1.54, 1.807) is 13.1 Å². The highest BCUT2D eigenvalue weighted by Gasteiger charge is 2.21. The van der Waals surface area contributed by atoms with Crippen LogP contribution in [0.25, 0.3) is 0 Å². The number of hydrogen-bond acceptors (Lipinski definition) is 4. The Morgan fingerprint density at radius 3 is 2.93 bits per heavy atom. The minimum absolute atomic E-state index is 0.465. The fraction of sp³-hybridized carbons (Fsp3) is 0.636.